The monoisotopic (exact) mass is 409 g/mol. The third-order valence-corrected chi connectivity index (χ3v) is 7.83. The number of carbonyl (C=O) groups excluding carboxylic acids is 3. The summed E-state index contributed by atoms with van der Waals surface area (Å²) in [6, 6.07) is 9.36. The molecule has 1 heterocycles. The summed E-state index contributed by atoms with van der Waals surface area (Å²) in [6.45, 7) is 3.96. The van der Waals surface area contributed by atoms with Crippen molar-refractivity contribution in [3.05, 3.63) is 35.9 Å². The number of nitrogens with one attached hydrogen (secondary N) is 1. The van der Waals surface area contributed by atoms with Crippen LogP contribution in [0.5, 0.6) is 0 Å². The SMILES string of the molecule is CC(=O)NC12C[C@H]3C[C@@H](C1)CC(C(=O)N1CCN(C(=O)c4ccccc4)CC1)(C3)C2. The standard InChI is InChI=1S/C24H31N3O3/c1-17(28)25-24-14-18-11-19(15-24)13-23(12-18,16-24)22(30)27-9-7-26(8-10-27)21(29)20-5-3-2-4-6-20/h2-6,18-19H,7-16H2,1H3,(H,25,28)/t18-,19+,23?,24?. The topological polar surface area (TPSA) is 69.7 Å². The Morgan fingerprint density at radius 3 is 2.10 bits per heavy atom. The minimum absolute atomic E-state index is 0.0209. The van der Waals surface area contributed by atoms with Crippen LogP contribution in [0.3, 0.4) is 0 Å². The largest absolute Gasteiger partial charge is 0.351 e. The molecule has 5 fully saturated rings. The molecule has 1 aromatic carbocycles. The van der Waals surface area contributed by atoms with E-state index in [1.807, 2.05) is 40.1 Å². The van der Waals surface area contributed by atoms with Crippen LogP contribution in [-0.2, 0) is 9.59 Å². The van der Waals surface area contributed by atoms with Crippen molar-refractivity contribution in [3.8, 4) is 0 Å². The molecule has 6 nitrogen and oxygen atoms in total. The molecule has 4 saturated carbocycles. The lowest BCUT2D eigenvalue weighted by atomic mass is 9.46. The van der Waals surface area contributed by atoms with E-state index in [1.165, 1.54) is 6.42 Å². The summed E-state index contributed by atoms with van der Waals surface area (Å²) in [5, 5.41) is 3.25. The van der Waals surface area contributed by atoms with Crippen LogP contribution in [0, 0.1) is 17.3 Å². The van der Waals surface area contributed by atoms with E-state index in [-0.39, 0.29) is 28.7 Å². The second-order valence-corrected chi connectivity index (χ2v) is 10.2. The van der Waals surface area contributed by atoms with Gasteiger partial charge in [0.1, 0.15) is 0 Å². The fourth-order valence-corrected chi connectivity index (χ4v) is 7.24. The fraction of sp³-hybridized carbons (Fsp3) is 0.625. The van der Waals surface area contributed by atoms with Gasteiger partial charge in [0.2, 0.25) is 11.8 Å². The normalized spacial score (nSPS) is 34.7. The Hall–Kier alpha value is -2.37. The van der Waals surface area contributed by atoms with Crippen molar-refractivity contribution in [2.45, 2.75) is 51.0 Å². The van der Waals surface area contributed by atoms with Crippen LogP contribution in [0.15, 0.2) is 30.3 Å². The maximum atomic E-state index is 13.7. The number of carbonyl (C=O) groups is 3. The van der Waals surface area contributed by atoms with E-state index in [0.717, 1.165) is 32.1 Å². The summed E-state index contributed by atoms with van der Waals surface area (Å²) in [4.78, 5) is 42.2. The van der Waals surface area contributed by atoms with Gasteiger partial charge in [0, 0.05) is 44.2 Å². The average Bonchev–Trinajstić information content (AvgIpc) is 2.71. The first-order chi connectivity index (χ1) is 14.4. The van der Waals surface area contributed by atoms with Crippen LogP contribution in [0.25, 0.3) is 0 Å². The second-order valence-electron chi connectivity index (χ2n) is 10.2. The highest BCUT2D eigenvalue weighted by Gasteiger charge is 2.61. The highest BCUT2D eigenvalue weighted by molar-refractivity contribution is 5.94. The van der Waals surface area contributed by atoms with Crippen LogP contribution in [0.2, 0.25) is 0 Å². The molecule has 0 aromatic heterocycles. The number of nitrogens with zero attached hydrogens (tertiary/aromatic N) is 2. The zero-order valence-electron chi connectivity index (χ0n) is 17.7. The molecule has 5 aliphatic rings. The number of piperazine rings is 1. The van der Waals surface area contributed by atoms with E-state index in [1.54, 1.807) is 6.92 Å². The molecule has 4 aliphatic carbocycles. The minimum Gasteiger partial charge on any atom is -0.351 e. The number of rotatable bonds is 3. The molecule has 160 valence electrons. The lowest BCUT2D eigenvalue weighted by molar-refractivity contribution is -0.164. The van der Waals surface area contributed by atoms with Gasteiger partial charge in [-0.15, -0.1) is 0 Å². The first-order valence-electron chi connectivity index (χ1n) is 11.3. The molecule has 30 heavy (non-hydrogen) atoms. The van der Waals surface area contributed by atoms with Crippen molar-refractivity contribution in [2.75, 3.05) is 26.2 Å². The van der Waals surface area contributed by atoms with E-state index in [2.05, 4.69) is 5.32 Å². The van der Waals surface area contributed by atoms with Crippen LogP contribution in [0.1, 0.15) is 55.8 Å². The van der Waals surface area contributed by atoms with Crippen molar-refractivity contribution in [3.63, 3.8) is 0 Å². The van der Waals surface area contributed by atoms with Crippen LogP contribution in [0.4, 0.5) is 0 Å². The van der Waals surface area contributed by atoms with Gasteiger partial charge in [-0.2, -0.15) is 0 Å². The summed E-state index contributed by atoms with van der Waals surface area (Å²) in [7, 11) is 0. The van der Waals surface area contributed by atoms with E-state index in [4.69, 9.17) is 0 Å². The van der Waals surface area contributed by atoms with E-state index < -0.39 is 0 Å². The second kappa shape index (κ2) is 7.10. The Morgan fingerprint density at radius 1 is 0.900 bits per heavy atom. The Kier molecular flexibility index (Phi) is 4.64. The number of hydrogen-bond donors (Lipinski definition) is 1. The van der Waals surface area contributed by atoms with E-state index >= 15 is 0 Å². The molecule has 4 bridgehead atoms. The average molecular weight is 410 g/mol. The first kappa shape index (κ1) is 19.6. The summed E-state index contributed by atoms with van der Waals surface area (Å²) in [5.41, 5.74) is 0.199. The maximum absolute atomic E-state index is 13.7. The quantitative estimate of drug-likeness (QED) is 0.834. The highest BCUT2D eigenvalue weighted by atomic mass is 16.2. The molecule has 0 spiro atoms. The summed E-state index contributed by atoms with van der Waals surface area (Å²) in [5.74, 6) is 1.42. The third-order valence-electron chi connectivity index (χ3n) is 7.83. The molecule has 6 rings (SSSR count). The lowest BCUT2D eigenvalue weighted by Gasteiger charge is -2.62. The maximum Gasteiger partial charge on any atom is 0.253 e. The predicted molar refractivity (Wildman–Crippen MR) is 113 cm³/mol. The number of hydrogen-bond acceptors (Lipinski definition) is 3. The van der Waals surface area contributed by atoms with Crippen molar-refractivity contribution in [2.24, 2.45) is 17.3 Å². The molecule has 1 saturated heterocycles. The molecule has 3 amide bonds. The fourth-order valence-electron chi connectivity index (χ4n) is 7.24. The predicted octanol–water partition coefficient (Wildman–Crippen LogP) is 2.45. The zero-order chi connectivity index (χ0) is 20.9. The van der Waals surface area contributed by atoms with Crippen molar-refractivity contribution in [1.82, 2.24) is 15.1 Å². The van der Waals surface area contributed by atoms with Crippen LogP contribution >= 0.6 is 0 Å². The van der Waals surface area contributed by atoms with Gasteiger partial charge >= 0.3 is 0 Å². The zero-order valence-corrected chi connectivity index (χ0v) is 17.7. The van der Waals surface area contributed by atoms with E-state index in [0.29, 0.717) is 43.6 Å². The van der Waals surface area contributed by atoms with Crippen molar-refractivity contribution < 1.29 is 14.4 Å². The van der Waals surface area contributed by atoms with Gasteiger partial charge in [-0.05, 0) is 62.5 Å². The number of amides is 3. The van der Waals surface area contributed by atoms with Gasteiger partial charge in [0.05, 0.1) is 5.41 Å². The molecule has 0 radical (unpaired) electrons. The van der Waals surface area contributed by atoms with Crippen molar-refractivity contribution in [1.29, 1.82) is 0 Å². The molecular weight excluding hydrogens is 378 g/mol. The van der Waals surface area contributed by atoms with E-state index in [9.17, 15) is 14.4 Å². The molecule has 1 aromatic rings. The molecule has 1 N–H and O–H groups in total. The Balaban J connectivity index is 1.28. The van der Waals surface area contributed by atoms with Crippen LogP contribution in [-0.4, -0.2) is 59.2 Å². The highest BCUT2D eigenvalue weighted by Crippen LogP contribution is 2.62. The third kappa shape index (κ3) is 3.30. The van der Waals surface area contributed by atoms with Gasteiger partial charge in [-0.3, -0.25) is 14.4 Å². The van der Waals surface area contributed by atoms with Gasteiger partial charge in [-0.1, -0.05) is 18.2 Å². The Labute approximate surface area is 178 Å². The Morgan fingerprint density at radius 2 is 1.50 bits per heavy atom. The van der Waals surface area contributed by atoms with Crippen LogP contribution < -0.4 is 5.32 Å². The van der Waals surface area contributed by atoms with Gasteiger partial charge in [0.25, 0.3) is 5.91 Å². The molecule has 6 heteroatoms. The van der Waals surface area contributed by atoms with Crippen molar-refractivity contribution >= 4 is 17.7 Å². The summed E-state index contributed by atoms with van der Waals surface area (Å²) < 4.78 is 0. The minimum atomic E-state index is -0.321. The smallest absolute Gasteiger partial charge is 0.253 e. The summed E-state index contributed by atoms with van der Waals surface area (Å²) >= 11 is 0. The van der Waals surface area contributed by atoms with Gasteiger partial charge in [-0.25, -0.2) is 0 Å². The van der Waals surface area contributed by atoms with Gasteiger partial charge < -0.3 is 15.1 Å². The number of benzene rings is 1. The Bertz CT molecular complexity index is 846. The lowest BCUT2D eigenvalue weighted by Crippen LogP contribution is -2.66. The molecule has 4 atom stereocenters. The molecule has 1 aliphatic heterocycles. The molecular formula is C24H31N3O3. The molecule has 2 unspecified atom stereocenters. The summed E-state index contributed by atoms with van der Waals surface area (Å²) in [6.07, 6.45) is 5.97. The first-order valence-corrected chi connectivity index (χ1v) is 11.3. The van der Waals surface area contributed by atoms with Gasteiger partial charge in [0.15, 0.2) is 0 Å².